The third-order valence-electron chi connectivity index (χ3n) is 3.85. The van der Waals surface area contributed by atoms with E-state index < -0.39 is 17.8 Å². The Bertz CT molecular complexity index is 961. The topological polar surface area (TPSA) is 86.7 Å². The van der Waals surface area contributed by atoms with E-state index in [4.69, 9.17) is 0 Å². The lowest BCUT2D eigenvalue weighted by Crippen LogP contribution is -2.54. The van der Waals surface area contributed by atoms with Gasteiger partial charge in [0.05, 0.1) is 9.26 Å². The van der Waals surface area contributed by atoms with Crippen LogP contribution in [-0.4, -0.2) is 23.0 Å². The number of phenols is 1. The molecule has 0 bridgehead atoms. The molecule has 0 spiro atoms. The molecule has 2 aromatic carbocycles. The SMILES string of the molecule is Cc1cc(C)cc(N2C(=O)NC(=O)/C(=C/c3ccc(O)c(I)c3)C2=O)c1. The molecule has 26 heavy (non-hydrogen) atoms. The molecule has 0 aromatic heterocycles. The van der Waals surface area contributed by atoms with Gasteiger partial charge in [-0.1, -0.05) is 12.1 Å². The fourth-order valence-electron chi connectivity index (χ4n) is 2.75. The van der Waals surface area contributed by atoms with Crippen molar-refractivity contribution in [2.45, 2.75) is 13.8 Å². The van der Waals surface area contributed by atoms with Crippen LogP contribution in [0.3, 0.4) is 0 Å². The first-order chi connectivity index (χ1) is 12.3. The first-order valence-corrected chi connectivity index (χ1v) is 8.82. The number of halogens is 1. The van der Waals surface area contributed by atoms with Crippen molar-refractivity contribution in [3.05, 3.63) is 62.2 Å². The van der Waals surface area contributed by atoms with Gasteiger partial charge in [-0.2, -0.15) is 0 Å². The summed E-state index contributed by atoms with van der Waals surface area (Å²) in [5, 5.41) is 11.8. The van der Waals surface area contributed by atoms with Gasteiger partial charge in [0.15, 0.2) is 0 Å². The lowest BCUT2D eigenvalue weighted by molar-refractivity contribution is -0.122. The first-order valence-electron chi connectivity index (χ1n) is 7.74. The molecule has 4 amide bonds. The highest BCUT2D eigenvalue weighted by Crippen LogP contribution is 2.26. The number of rotatable bonds is 2. The average molecular weight is 462 g/mol. The minimum atomic E-state index is -0.776. The number of amides is 4. The summed E-state index contributed by atoms with van der Waals surface area (Å²) in [4.78, 5) is 38.2. The molecule has 6 nitrogen and oxygen atoms in total. The minimum absolute atomic E-state index is 0.110. The Morgan fingerprint density at radius 3 is 2.31 bits per heavy atom. The predicted molar refractivity (Wildman–Crippen MR) is 106 cm³/mol. The number of hydrogen-bond donors (Lipinski definition) is 2. The van der Waals surface area contributed by atoms with E-state index in [1.54, 1.807) is 24.3 Å². The van der Waals surface area contributed by atoms with E-state index in [-0.39, 0.29) is 11.3 Å². The lowest BCUT2D eigenvalue weighted by Gasteiger charge is -2.27. The molecular formula is C19H15IN2O4. The van der Waals surface area contributed by atoms with Gasteiger partial charge in [0.1, 0.15) is 11.3 Å². The molecule has 7 heteroatoms. The molecule has 0 aliphatic carbocycles. The van der Waals surface area contributed by atoms with Crippen molar-refractivity contribution in [1.82, 2.24) is 5.32 Å². The van der Waals surface area contributed by atoms with Crippen LogP contribution in [0.15, 0.2) is 42.0 Å². The molecule has 1 aliphatic heterocycles. The van der Waals surface area contributed by atoms with Crippen LogP contribution in [0.5, 0.6) is 5.75 Å². The normalized spacial score (nSPS) is 16.2. The highest BCUT2D eigenvalue weighted by atomic mass is 127. The second kappa shape index (κ2) is 6.91. The molecule has 1 aliphatic rings. The summed E-state index contributed by atoms with van der Waals surface area (Å²) in [6.07, 6.45) is 1.40. The van der Waals surface area contributed by atoms with Crippen LogP contribution >= 0.6 is 22.6 Å². The number of nitrogens with zero attached hydrogens (tertiary/aromatic N) is 1. The van der Waals surface area contributed by atoms with E-state index in [0.717, 1.165) is 16.0 Å². The molecule has 0 saturated carbocycles. The summed E-state index contributed by atoms with van der Waals surface area (Å²) in [5.74, 6) is -1.32. The van der Waals surface area contributed by atoms with Gasteiger partial charge < -0.3 is 5.11 Å². The number of aromatic hydroxyl groups is 1. The molecular weight excluding hydrogens is 447 g/mol. The van der Waals surface area contributed by atoms with E-state index in [1.807, 2.05) is 42.5 Å². The highest BCUT2D eigenvalue weighted by Gasteiger charge is 2.36. The number of imide groups is 2. The molecule has 3 rings (SSSR count). The third-order valence-corrected chi connectivity index (χ3v) is 4.71. The monoisotopic (exact) mass is 462 g/mol. The zero-order chi connectivity index (χ0) is 19.0. The zero-order valence-electron chi connectivity index (χ0n) is 14.0. The molecule has 1 saturated heterocycles. The Kier molecular flexibility index (Phi) is 4.82. The number of barbiturate groups is 1. The van der Waals surface area contributed by atoms with Crippen LogP contribution in [-0.2, 0) is 9.59 Å². The number of carbonyl (C=O) groups excluding carboxylic acids is 3. The number of benzene rings is 2. The van der Waals surface area contributed by atoms with E-state index in [2.05, 4.69) is 5.32 Å². The summed E-state index contributed by atoms with van der Waals surface area (Å²) < 4.78 is 0.586. The molecule has 1 heterocycles. The number of hydrogen-bond acceptors (Lipinski definition) is 4. The van der Waals surface area contributed by atoms with Crippen molar-refractivity contribution in [1.29, 1.82) is 0 Å². The Balaban J connectivity index is 2.05. The number of urea groups is 1. The highest BCUT2D eigenvalue weighted by molar-refractivity contribution is 14.1. The fraction of sp³-hybridized carbons (Fsp3) is 0.105. The van der Waals surface area contributed by atoms with Crippen molar-refractivity contribution in [3.63, 3.8) is 0 Å². The number of aryl methyl sites for hydroxylation is 2. The van der Waals surface area contributed by atoms with Crippen LogP contribution in [0.2, 0.25) is 0 Å². The lowest BCUT2D eigenvalue weighted by atomic mass is 10.1. The van der Waals surface area contributed by atoms with Gasteiger partial charge in [0, 0.05) is 0 Å². The largest absolute Gasteiger partial charge is 0.507 e. The first kappa shape index (κ1) is 18.1. The smallest absolute Gasteiger partial charge is 0.335 e. The van der Waals surface area contributed by atoms with Gasteiger partial charge in [-0.3, -0.25) is 14.9 Å². The van der Waals surface area contributed by atoms with Gasteiger partial charge in [0.2, 0.25) is 0 Å². The Morgan fingerprint density at radius 2 is 1.69 bits per heavy atom. The van der Waals surface area contributed by atoms with Crippen LogP contribution in [0.1, 0.15) is 16.7 Å². The summed E-state index contributed by atoms with van der Waals surface area (Å²) in [6, 6.07) is 9.27. The number of anilines is 1. The molecule has 0 unspecified atom stereocenters. The van der Waals surface area contributed by atoms with Gasteiger partial charge >= 0.3 is 6.03 Å². The van der Waals surface area contributed by atoms with Crippen LogP contribution in [0.25, 0.3) is 6.08 Å². The van der Waals surface area contributed by atoms with Crippen LogP contribution < -0.4 is 10.2 Å². The standard InChI is InChI=1S/C19H15IN2O4/c1-10-5-11(2)7-13(6-10)22-18(25)14(17(24)21-19(22)26)8-12-3-4-16(23)15(20)9-12/h3-9,23H,1-2H3,(H,21,24,26)/b14-8-. The van der Waals surface area contributed by atoms with Gasteiger partial charge in [-0.25, -0.2) is 9.69 Å². The van der Waals surface area contributed by atoms with Gasteiger partial charge in [-0.15, -0.1) is 0 Å². The Morgan fingerprint density at radius 1 is 1.04 bits per heavy atom. The molecule has 0 radical (unpaired) electrons. The molecule has 2 N–H and O–H groups in total. The van der Waals surface area contributed by atoms with Crippen molar-refractivity contribution in [2.75, 3.05) is 4.90 Å². The summed E-state index contributed by atoms with van der Waals surface area (Å²) in [7, 11) is 0. The number of phenolic OH excluding ortho intramolecular Hbond substituents is 1. The van der Waals surface area contributed by atoms with E-state index in [1.165, 1.54) is 12.1 Å². The van der Waals surface area contributed by atoms with Crippen molar-refractivity contribution in [3.8, 4) is 5.75 Å². The van der Waals surface area contributed by atoms with Crippen molar-refractivity contribution >= 4 is 52.2 Å². The van der Waals surface area contributed by atoms with E-state index in [9.17, 15) is 19.5 Å². The summed E-state index contributed by atoms with van der Waals surface area (Å²) >= 11 is 1.95. The molecule has 2 aromatic rings. The fourth-order valence-corrected chi connectivity index (χ4v) is 3.29. The predicted octanol–water partition coefficient (Wildman–Crippen LogP) is 3.28. The number of carbonyl (C=O) groups is 3. The van der Waals surface area contributed by atoms with Crippen molar-refractivity contribution < 1.29 is 19.5 Å². The van der Waals surface area contributed by atoms with Crippen molar-refractivity contribution in [2.24, 2.45) is 0 Å². The Labute approximate surface area is 163 Å². The quantitative estimate of drug-likeness (QED) is 0.408. The maximum absolute atomic E-state index is 12.9. The molecule has 1 fully saturated rings. The van der Waals surface area contributed by atoms with Crippen LogP contribution in [0, 0.1) is 17.4 Å². The second-order valence-corrected chi connectivity index (χ2v) is 7.18. The van der Waals surface area contributed by atoms with E-state index >= 15 is 0 Å². The van der Waals surface area contributed by atoms with Gasteiger partial charge in [-0.05, 0) is 83.5 Å². The third kappa shape index (κ3) is 3.48. The second-order valence-electron chi connectivity index (χ2n) is 6.01. The maximum Gasteiger partial charge on any atom is 0.335 e. The molecule has 0 atom stereocenters. The van der Waals surface area contributed by atoms with Gasteiger partial charge in [0.25, 0.3) is 11.8 Å². The maximum atomic E-state index is 12.9. The van der Waals surface area contributed by atoms with Crippen LogP contribution in [0.4, 0.5) is 10.5 Å². The average Bonchev–Trinajstić information content (AvgIpc) is 2.53. The summed E-state index contributed by atoms with van der Waals surface area (Å²) in [6.45, 7) is 3.73. The Hall–Kier alpha value is -2.68. The number of nitrogens with one attached hydrogen (secondary N) is 1. The molecule has 132 valence electrons. The zero-order valence-corrected chi connectivity index (χ0v) is 16.2. The van der Waals surface area contributed by atoms with E-state index in [0.29, 0.717) is 14.8 Å². The summed E-state index contributed by atoms with van der Waals surface area (Å²) in [5.41, 5.74) is 2.63. The minimum Gasteiger partial charge on any atom is -0.507 e.